The standard InChI is InChI=1S/C20H22F2N4O4/c1-20(2,3)29-19(27)25-10-14-7-15(30-26-14)11-28-16-6-13(21)9-24-18(16)12-4-5-17(22)23-8-12/h4-6,8-9,15H,7,10-11H2,1-3H3,(H,25,27). The number of alkyl carbamates (subject to hydrolysis) is 1. The van der Waals surface area contributed by atoms with E-state index in [-0.39, 0.29) is 18.9 Å². The molecule has 1 atom stereocenters. The van der Waals surface area contributed by atoms with Gasteiger partial charge in [0.15, 0.2) is 6.10 Å². The average molecular weight is 420 g/mol. The van der Waals surface area contributed by atoms with Crippen molar-refractivity contribution < 1.29 is 27.9 Å². The molecule has 10 heteroatoms. The molecule has 2 aromatic rings. The molecule has 1 amide bonds. The summed E-state index contributed by atoms with van der Waals surface area (Å²) in [5.41, 5.74) is 0.840. The highest BCUT2D eigenvalue weighted by molar-refractivity contribution is 5.89. The Morgan fingerprint density at radius 2 is 2.07 bits per heavy atom. The lowest BCUT2D eigenvalue weighted by Gasteiger charge is -2.19. The van der Waals surface area contributed by atoms with Gasteiger partial charge in [-0.1, -0.05) is 5.16 Å². The Morgan fingerprint density at radius 1 is 1.27 bits per heavy atom. The Balaban J connectivity index is 1.54. The quantitative estimate of drug-likeness (QED) is 0.719. The number of aromatic nitrogens is 2. The lowest BCUT2D eigenvalue weighted by molar-refractivity contribution is 0.0470. The summed E-state index contributed by atoms with van der Waals surface area (Å²) in [6, 6.07) is 3.85. The summed E-state index contributed by atoms with van der Waals surface area (Å²) in [7, 11) is 0. The van der Waals surface area contributed by atoms with Crippen molar-refractivity contribution in [1.29, 1.82) is 0 Å². The van der Waals surface area contributed by atoms with Crippen LogP contribution in [0.4, 0.5) is 13.6 Å². The van der Waals surface area contributed by atoms with E-state index in [0.29, 0.717) is 23.4 Å². The van der Waals surface area contributed by atoms with E-state index < -0.39 is 29.6 Å². The zero-order valence-electron chi connectivity index (χ0n) is 16.8. The number of hydrogen-bond donors (Lipinski definition) is 1. The first-order chi connectivity index (χ1) is 14.2. The van der Waals surface area contributed by atoms with Crippen LogP contribution in [-0.4, -0.2) is 46.6 Å². The first-order valence-electron chi connectivity index (χ1n) is 9.28. The summed E-state index contributed by atoms with van der Waals surface area (Å²) in [6.45, 7) is 5.57. The van der Waals surface area contributed by atoms with Crippen molar-refractivity contribution >= 4 is 11.8 Å². The van der Waals surface area contributed by atoms with Crippen molar-refractivity contribution in [1.82, 2.24) is 15.3 Å². The Kier molecular flexibility index (Phi) is 6.43. The van der Waals surface area contributed by atoms with Crippen LogP contribution < -0.4 is 10.1 Å². The molecule has 0 radical (unpaired) electrons. The summed E-state index contributed by atoms with van der Waals surface area (Å²) in [4.78, 5) is 24.6. The molecule has 2 aromatic heterocycles. The van der Waals surface area contributed by atoms with Crippen molar-refractivity contribution in [2.75, 3.05) is 13.2 Å². The van der Waals surface area contributed by atoms with E-state index in [1.165, 1.54) is 24.4 Å². The van der Waals surface area contributed by atoms with Crippen LogP contribution in [-0.2, 0) is 9.57 Å². The van der Waals surface area contributed by atoms with Gasteiger partial charge in [-0.25, -0.2) is 19.2 Å². The van der Waals surface area contributed by atoms with E-state index in [1.807, 2.05) is 0 Å². The van der Waals surface area contributed by atoms with Crippen LogP contribution in [0.2, 0.25) is 0 Å². The molecule has 0 fully saturated rings. The van der Waals surface area contributed by atoms with Crippen molar-refractivity contribution in [3.63, 3.8) is 0 Å². The number of amides is 1. The summed E-state index contributed by atoms with van der Waals surface area (Å²) in [5.74, 6) is -1.03. The topological polar surface area (TPSA) is 94.9 Å². The van der Waals surface area contributed by atoms with Gasteiger partial charge < -0.3 is 19.6 Å². The second-order valence-electron chi connectivity index (χ2n) is 7.63. The van der Waals surface area contributed by atoms with Gasteiger partial charge in [-0.05, 0) is 32.9 Å². The van der Waals surface area contributed by atoms with Gasteiger partial charge >= 0.3 is 6.09 Å². The van der Waals surface area contributed by atoms with Gasteiger partial charge in [-0.15, -0.1) is 0 Å². The summed E-state index contributed by atoms with van der Waals surface area (Å²) < 4.78 is 37.6. The molecule has 3 rings (SSSR count). The maximum absolute atomic E-state index is 13.7. The number of ether oxygens (including phenoxy) is 2. The van der Waals surface area contributed by atoms with Gasteiger partial charge in [-0.3, -0.25) is 0 Å². The summed E-state index contributed by atoms with van der Waals surface area (Å²) in [6.07, 6.45) is 1.79. The minimum Gasteiger partial charge on any atom is -0.487 e. The molecule has 0 saturated carbocycles. The van der Waals surface area contributed by atoms with Gasteiger partial charge in [0.1, 0.15) is 29.5 Å². The first-order valence-corrected chi connectivity index (χ1v) is 9.28. The molecule has 1 N–H and O–H groups in total. The van der Waals surface area contributed by atoms with E-state index in [1.54, 1.807) is 20.8 Å². The van der Waals surface area contributed by atoms with Crippen LogP contribution in [0.1, 0.15) is 27.2 Å². The molecule has 30 heavy (non-hydrogen) atoms. The number of hydrogen-bond acceptors (Lipinski definition) is 7. The monoisotopic (exact) mass is 420 g/mol. The zero-order valence-corrected chi connectivity index (χ0v) is 16.8. The van der Waals surface area contributed by atoms with E-state index in [0.717, 1.165) is 6.20 Å². The predicted molar refractivity (Wildman–Crippen MR) is 104 cm³/mol. The second-order valence-corrected chi connectivity index (χ2v) is 7.63. The van der Waals surface area contributed by atoms with Gasteiger partial charge in [0.05, 0.1) is 18.5 Å². The lowest BCUT2D eigenvalue weighted by atomic mass is 10.1. The molecule has 1 unspecified atom stereocenters. The van der Waals surface area contributed by atoms with Crippen molar-refractivity contribution in [3.05, 3.63) is 42.4 Å². The maximum atomic E-state index is 13.7. The summed E-state index contributed by atoms with van der Waals surface area (Å²) >= 11 is 0. The molecule has 0 aliphatic carbocycles. The Hall–Kier alpha value is -3.30. The number of rotatable bonds is 6. The third-order valence-corrected chi connectivity index (χ3v) is 3.87. The molecule has 0 spiro atoms. The fraction of sp³-hybridized carbons (Fsp3) is 0.400. The van der Waals surface area contributed by atoms with Gasteiger partial charge in [-0.2, -0.15) is 4.39 Å². The number of carbonyl (C=O) groups is 1. The number of nitrogens with one attached hydrogen (secondary N) is 1. The van der Waals surface area contributed by atoms with Crippen molar-refractivity contribution in [2.24, 2.45) is 5.16 Å². The molecule has 160 valence electrons. The van der Waals surface area contributed by atoms with Crippen LogP contribution in [0, 0.1) is 11.8 Å². The molecule has 0 bridgehead atoms. The molecule has 0 saturated heterocycles. The lowest BCUT2D eigenvalue weighted by Crippen LogP contribution is -2.35. The maximum Gasteiger partial charge on any atom is 0.407 e. The second kappa shape index (κ2) is 9.02. The third kappa shape index (κ3) is 6.10. The number of nitrogens with zero attached hydrogens (tertiary/aromatic N) is 3. The minimum atomic E-state index is -0.632. The fourth-order valence-electron chi connectivity index (χ4n) is 2.61. The Morgan fingerprint density at radius 3 is 2.77 bits per heavy atom. The van der Waals surface area contributed by atoms with E-state index in [9.17, 15) is 13.6 Å². The van der Waals surface area contributed by atoms with E-state index >= 15 is 0 Å². The third-order valence-electron chi connectivity index (χ3n) is 3.87. The first kappa shape index (κ1) is 21.4. The van der Waals surface area contributed by atoms with Crippen LogP contribution in [0.3, 0.4) is 0 Å². The van der Waals surface area contributed by atoms with Gasteiger partial charge in [0.2, 0.25) is 5.95 Å². The molecule has 0 aromatic carbocycles. The van der Waals surface area contributed by atoms with Crippen LogP contribution in [0.15, 0.2) is 35.7 Å². The minimum absolute atomic E-state index is 0.0756. The molecular formula is C20H22F2N4O4. The van der Waals surface area contributed by atoms with E-state index in [4.69, 9.17) is 14.3 Å². The highest BCUT2D eigenvalue weighted by Gasteiger charge is 2.24. The molecular weight excluding hydrogens is 398 g/mol. The molecule has 3 heterocycles. The molecule has 1 aliphatic rings. The number of halogens is 2. The summed E-state index contributed by atoms with van der Waals surface area (Å²) in [5, 5.41) is 6.54. The Labute approximate surface area is 172 Å². The fourth-order valence-corrected chi connectivity index (χ4v) is 2.61. The largest absolute Gasteiger partial charge is 0.487 e. The molecule has 1 aliphatic heterocycles. The molecule has 8 nitrogen and oxygen atoms in total. The van der Waals surface area contributed by atoms with Gasteiger partial charge in [0, 0.05) is 24.2 Å². The average Bonchev–Trinajstić information content (AvgIpc) is 3.12. The zero-order chi connectivity index (χ0) is 21.7. The SMILES string of the molecule is CC(C)(C)OC(=O)NCC1=NOC(COc2cc(F)cnc2-c2ccc(F)nc2)C1. The van der Waals surface area contributed by atoms with E-state index in [2.05, 4.69) is 20.4 Å². The van der Waals surface area contributed by atoms with Gasteiger partial charge in [0.25, 0.3) is 0 Å². The normalized spacial score (nSPS) is 15.9. The van der Waals surface area contributed by atoms with Crippen LogP contribution in [0.5, 0.6) is 5.75 Å². The highest BCUT2D eigenvalue weighted by Crippen LogP contribution is 2.28. The van der Waals surface area contributed by atoms with Crippen LogP contribution in [0.25, 0.3) is 11.3 Å². The predicted octanol–water partition coefficient (Wildman–Crippen LogP) is 3.47. The highest BCUT2D eigenvalue weighted by atomic mass is 19.1. The van der Waals surface area contributed by atoms with Crippen molar-refractivity contribution in [3.8, 4) is 17.0 Å². The number of oxime groups is 1. The van der Waals surface area contributed by atoms with Crippen molar-refractivity contribution in [2.45, 2.75) is 38.9 Å². The van der Waals surface area contributed by atoms with Crippen LogP contribution >= 0.6 is 0 Å². The Bertz CT molecular complexity index is 929. The smallest absolute Gasteiger partial charge is 0.407 e. The number of pyridine rings is 2. The number of carbonyl (C=O) groups excluding carboxylic acids is 1.